The molecule has 1 atom stereocenters. The molecule has 0 bridgehead atoms. The number of nitrogens with one attached hydrogen (secondary N) is 1. The summed E-state index contributed by atoms with van der Waals surface area (Å²) in [6.07, 6.45) is 3.24. The lowest BCUT2D eigenvalue weighted by molar-refractivity contribution is -0.133. The minimum absolute atomic E-state index is 0.0275. The standard InChI is InChI=1S/C28H38N4O2/c1-22-8-7-10-25(20-22)31-18-16-30(17-19-31)14-6-5-13-29-28(34)21-27-26-11-4-3-9-24(26)12-15-32(27)23(2)33/h3-4,7-11,20,27H,5-6,12-19,21H2,1-2H3,(H,29,34). The van der Waals surface area contributed by atoms with Crippen molar-refractivity contribution < 1.29 is 9.59 Å². The lowest BCUT2D eigenvalue weighted by Gasteiger charge is -2.36. The maximum Gasteiger partial charge on any atom is 0.222 e. The molecular formula is C28H38N4O2. The van der Waals surface area contributed by atoms with Gasteiger partial charge in [0.2, 0.25) is 11.8 Å². The van der Waals surface area contributed by atoms with Gasteiger partial charge in [-0.3, -0.25) is 14.5 Å². The Balaban J connectivity index is 1.16. The van der Waals surface area contributed by atoms with Crippen molar-refractivity contribution >= 4 is 17.5 Å². The van der Waals surface area contributed by atoms with E-state index in [4.69, 9.17) is 0 Å². The first-order valence-corrected chi connectivity index (χ1v) is 12.7. The Kier molecular flexibility index (Phi) is 8.22. The van der Waals surface area contributed by atoms with E-state index < -0.39 is 0 Å². The van der Waals surface area contributed by atoms with Gasteiger partial charge >= 0.3 is 0 Å². The van der Waals surface area contributed by atoms with Crippen LogP contribution in [0.25, 0.3) is 0 Å². The molecule has 4 rings (SSSR count). The zero-order chi connectivity index (χ0) is 23.9. The number of hydrogen-bond acceptors (Lipinski definition) is 4. The number of carbonyl (C=O) groups is 2. The van der Waals surface area contributed by atoms with Gasteiger partial charge in [0.1, 0.15) is 0 Å². The Morgan fingerprint density at radius 1 is 0.971 bits per heavy atom. The van der Waals surface area contributed by atoms with Crippen LogP contribution < -0.4 is 10.2 Å². The highest BCUT2D eigenvalue weighted by Crippen LogP contribution is 2.32. The highest BCUT2D eigenvalue weighted by molar-refractivity contribution is 5.79. The Hall–Kier alpha value is -2.86. The third-order valence-corrected chi connectivity index (χ3v) is 7.16. The van der Waals surface area contributed by atoms with Crippen LogP contribution in [-0.4, -0.2) is 67.4 Å². The number of anilines is 1. The Labute approximate surface area is 203 Å². The summed E-state index contributed by atoms with van der Waals surface area (Å²) in [4.78, 5) is 31.7. The molecule has 0 spiro atoms. The predicted molar refractivity (Wildman–Crippen MR) is 137 cm³/mol. The van der Waals surface area contributed by atoms with E-state index in [1.54, 1.807) is 6.92 Å². The third kappa shape index (κ3) is 6.17. The highest BCUT2D eigenvalue weighted by Gasteiger charge is 2.30. The number of carbonyl (C=O) groups excluding carboxylic acids is 2. The summed E-state index contributed by atoms with van der Waals surface area (Å²) in [5, 5.41) is 3.09. The zero-order valence-electron chi connectivity index (χ0n) is 20.6. The van der Waals surface area contributed by atoms with Crippen LogP contribution in [0.3, 0.4) is 0 Å². The number of fused-ring (bicyclic) bond motifs is 1. The van der Waals surface area contributed by atoms with Crippen molar-refractivity contribution in [2.45, 2.75) is 45.6 Å². The summed E-state index contributed by atoms with van der Waals surface area (Å²) in [5.74, 6) is 0.0644. The number of benzene rings is 2. The fraction of sp³-hybridized carbons (Fsp3) is 0.500. The average Bonchev–Trinajstić information content (AvgIpc) is 2.84. The number of aryl methyl sites for hydroxylation is 1. The first kappa shape index (κ1) is 24.3. The normalized spacial score (nSPS) is 18.5. The fourth-order valence-corrected chi connectivity index (χ4v) is 5.24. The lowest BCUT2D eigenvalue weighted by atomic mass is 9.90. The smallest absolute Gasteiger partial charge is 0.222 e. The van der Waals surface area contributed by atoms with Gasteiger partial charge in [0.05, 0.1) is 12.5 Å². The van der Waals surface area contributed by atoms with Crippen molar-refractivity contribution in [3.63, 3.8) is 0 Å². The molecule has 0 saturated carbocycles. The molecule has 2 amide bonds. The zero-order valence-corrected chi connectivity index (χ0v) is 20.6. The van der Waals surface area contributed by atoms with Crippen LogP contribution in [0.1, 0.15) is 48.9 Å². The first-order chi connectivity index (χ1) is 16.5. The van der Waals surface area contributed by atoms with Gasteiger partial charge in [0.15, 0.2) is 0 Å². The molecule has 1 fully saturated rings. The fourth-order valence-electron chi connectivity index (χ4n) is 5.24. The quantitative estimate of drug-likeness (QED) is 0.610. The van der Waals surface area contributed by atoms with Gasteiger partial charge in [0, 0.05) is 51.9 Å². The number of amides is 2. The van der Waals surface area contributed by atoms with Crippen molar-refractivity contribution in [1.82, 2.24) is 15.1 Å². The molecule has 0 aliphatic carbocycles. The van der Waals surface area contributed by atoms with Crippen LogP contribution in [0.2, 0.25) is 0 Å². The van der Waals surface area contributed by atoms with Crippen LogP contribution in [0.5, 0.6) is 0 Å². The summed E-state index contributed by atoms with van der Waals surface area (Å²) < 4.78 is 0. The van der Waals surface area contributed by atoms with Crippen molar-refractivity contribution in [3.05, 3.63) is 65.2 Å². The van der Waals surface area contributed by atoms with Crippen molar-refractivity contribution in [3.8, 4) is 0 Å². The van der Waals surface area contributed by atoms with E-state index >= 15 is 0 Å². The van der Waals surface area contributed by atoms with Gasteiger partial charge in [-0.25, -0.2) is 0 Å². The topological polar surface area (TPSA) is 55.9 Å². The summed E-state index contributed by atoms with van der Waals surface area (Å²) in [6.45, 7) is 10.5. The van der Waals surface area contributed by atoms with Crippen molar-refractivity contribution in [2.75, 3.05) is 50.7 Å². The van der Waals surface area contributed by atoms with E-state index in [1.807, 2.05) is 17.0 Å². The molecule has 182 valence electrons. The predicted octanol–water partition coefficient (Wildman–Crippen LogP) is 3.55. The third-order valence-electron chi connectivity index (χ3n) is 7.16. The van der Waals surface area contributed by atoms with E-state index in [0.29, 0.717) is 19.5 Å². The molecule has 6 nitrogen and oxygen atoms in total. The minimum Gasteiger partial charge on any atom is -0.369 e. The summed E-state index contributed by atoms with van der Waals surface area (Å²) >= 11 is 0. The second kappa shape index (κ2) is 11.5. The monoisotopic (exact) mass is 462 g/mol. The molecule has 1 saturated heterocycles. The van der Waals surface area contributed by atoms with Gasteiger partial charge in [-0.15, -0.1) is 0 Å². The van der Waals surface area contributed by atoms with E-state index in [2.05, 4.69) is 58.4 Å². The number of piperazine rings is 1. The Morgan fingerprint density at radius 3 is 2.53 bits per heavy atom. The molecule has 2 aromatic rings. The van der Waals surface area contributed by atoms with E-state index in [0.717, 1.165) is 57.5 Å². The Morgan fingerprint density at radius 2 is 1.76 bits per heavy atom. The molecule has 2 aliphatic heterocycles. The summed E-state index contributed by atoms with van der Waals surface area (Å²) in [6, 6.07) is 16.8. The second-order valence-electron chi connectivity index (χ2n) is 9.61. The number of nitrogens with zero attached hydrogens (tertiary/aromatic N) is 3. The molecule has 1 unspecified atom stereocenters. The molecular weight excluding hydrogens is 424 g/mol. The van der Waals surface area contributed by atoms with Crippen LogP contribution in [0.15, 0.2) is 48.5 Å². The van der Waals surface area contributed by atoms with Crippen molar-refractivity contribution in [2.24, 2.45) is 0 Å². The molecule has 2 aromatic carbocycles. The van der Waals surface area contributed by atoms with Crippen LogP contribution in [0.4, 0.5) is 5.69 Å². The molecule has 2 aliphatic rings. The second-order valence-corrected chi connectivity index (χ2v) is 9.61. The van der Waals surface area contributed by atoms with Crippen LogP contribution in [0, 0.1) is 6.92 Å². The van der Waals surface area contributed by atoms with Crippen molar-refractivity contribution in [1.29, 1.82) is 0 Å². The van der Waals surface area contributed by atoms with Crippen LogP contribution >= 0.6 is 0 Å². The lowest BCUT2D eigenvalue weighted by Crippen LogP contribution is -2.46. The molecule has 0 radical (unpaired) electrons. The highest BCUT2D eigenvalue weighted by atomic mass is 16.2. The number of rotatable bonds is 8. The van der Waals surface area contributed by atoms with Gasteiger partial charge < -0.3 is 15.1 Å². The summed E-state index contributed by atoms with van der Waals surface area (Å²) in [7, 11) is 0. The molecule has 6 heteroatoms. The number of hydrogen-bond donors (Lipinski definition) is 1. The molecule has 1 N–H and O–H groups in total. The molecule has 0 aromatic heterocycles. The van der Waals surface area contributed by atoms with E-state index in [-0.39, 0.29) is 17.9 Å². The number of unbranched alkanes of at least 4 members (excludes halogenated alkanes) is 1. The summed E-state index contributed by atoms with van der Waals surface area (Å²) in [5.41, 5.74) is 5.00. The maximum atomic E-state index is 12.7. The molecule has 2 heterocycles. The first-order valence-electron chi connectivity index (χ1n) is 12.7. The van der Waals surface area contributed by atoms with Gasteiger partial charge in [-0.05, 0) is 61.6 Å². The minimum atomic E-state index is -0.160. The van der Waals surface area contributed by atoms with Gasteiger partial charge in [-0.1, -0.05) is 36.4 Å². The van der Waals surface area contributed by atoms with E-state index in [9.17, 15) is 9.59 Å². The SMILES string of the molecule is CC(=O)N1CCc2ccccc2C1CC(=O)NCCCCN1CCN(c2cccc(C)c2)CC1. The maximum absolute atomic E-state index is 12.7. The van der Waals surface area contributed by atoms with E-state index in [1.165, 1.54) is 16.8 Å². The van der Waals surface area contributed by atoms with Gasteiger partial charge in [-0.2, -0.15) is 0 Å². The molecule has 34 heavy (non-hydrogen) atoms. The van der Waals surface area contributed by atoms with Crippen LogP contribution in [-0.2, 0) is 16.0 Å². The largest absolute Gasteiger partial charge is 0.369 e. The van der Waals surface area contributed by atoms with Gasteiger partial charge in [0.25, 0.3) is 0 Å². The average molecular weight is 463 g/mol. The Bertz CT molecular complexity index is 984.